The lowest BCUT2D eigenvalue weighted by molar-refractivity contribution is -0.143. The van der Waals surface area contributed by atoms with Crippen LogP contribution in [0.5, 0.6) is 0 Å². The number of halogens is 6. The molecule has 2 rings (SSSR count). The van der Waals surface area contributed by atoms with Crippen molar-refractivity contribution in [1.29, 1.82) is 0 Å². The fourth-order valence-electron chi connectivity index (χ4n) is 1.67. The fourth-order valence-corrected chi connectivity index (χ4v) is 1.67. The SMILES string of the molecule is Cc1cnc(C(=O)Nc2cc(C(F)(F)F)cc(C(F)(F)F)c2)o1. The third-order valence-electron chi connectivity index (χ3n) is 2.66. The molecule has 4 nitrogen and oxygen atoms in total. The van der Waals surface area contributed by atoms with Gasteiger partial charge in [-0.05, 0) is 25.1 Å². The van der Waals surface area contributed by atoms with Crippen LogP contribution in [0.1, 0.15) is 27.6 Å². The van der Waals surface area contributed by atoms with E-state index in [9.17, 15) is 31.1 Å². The van der Waals surface area contributed by atoms with Gasteiger partial charge in [0.25, 0.3) is 5.89 Å². The van der Waals surface area contributed by atoms with E-state index in [0.717, 1.165) is 0 Å². The summed E-state index contributed by atoms with van der Waals surface area (Å²) in [7, 11) is 0. The number of nitrogens with zero attached hydrogens (tertiary/aromatic N) is 1. The molecule has 1 N–H and O–H groups in total. The van der Waals surface area contributed by atoms with Gasteiger partial charge < -0.3 is 9.73 Å². The Morgan fingerprint density at radius 3 is 1.96 bits per heavy atom. The molecule has 0 bridgehead atoms. The average Bonchev–Trinajstić information content (AvgIpc) is 2.83. The Hall–Kier alpha value is -2.52. The molecule has 1 heterocycles. The minimum absolute atomic E-state index is 0.0368. The van der Waals surface area contributed by atoms with Gasteiger partial charge >= 0.3 is 18.3 Å². The first-order valence-electron chi connectivity index (χ1n) is 6.00. The summed E-state index contributed by atoms with van der Waals surface area (Å²) in [5.74, 6) is -1.28. The summed E-state index contributed by atoms with van der Waals surface area (Å²) >= 11 is 0. The fraction of sp³-hybridized carbons (Fsp3) is 0.231. The number of oxazole rings is 1. The standard InChI is InChI=1S/C13H8F6N2O2/c1-6-5-20-11(23-6)10(22)21-9-3-7(12(14,15)16)2-8(4-9)13(17,18)19/h2-5H,1H3,(H,21,22). The first kappa shape index (κ1) is 16.8. The van der Waals surface area contributed by atoms with Crippen LogP contribution < -0.4 is 5.32 Å². The summed E-state index contributed by atoms with van der Waals surface area (Å²) in [5.41, 5.74) is -3.74. The Morgan fingerprint density at radius 1 is 1.04 bits per heavy atom. The first-order valence-corrected chi connectivity index (χ1v) is 6.00. The number of rotatable bonds is 2. The van der Waals surface area contributed by atoms with E-state index >= 15 is 0 Å². The van der Waals surface area contributed by atoms with Crippen molar-refractivity contribution >= 4 is 11.6 Å². The van der Waals surface area contributed by atoms with Gasteiger partial charge in [0, 0.05) is 5.69 Å². The molecule has 2 aromatic rings. The van der Waals surface area contributed by atoms with Gasteiger partial charge in [0.05, 0.1) is 17.3 Å². The molecule has 0 radical (unpaired) electrons. The maximum Gasteiger partial charge on any atom is 0.416 e. The Morgan fingerprint density at radius 2 is 1.57 bits per heavy atom. The second-order valence-corrected chi connectivity index (χ2v) is 4.52. The molecular formula is C13H8F6N2O2. The molecule has 0 saturated carbocycles. The van der Waals surface area contributed by atoms with Gasteiger partial charge in [0.2, 0.25) is 0 Å². The normalized spacial score (nSPS) is 12.3. The zero-order valence-electron chi connectivity index (χ0n) is 11.3. The van der Waals surface area contributed by atoms with Crippen LogP contribution >= 0.6 is 0 Å². The lowest BCUT2D eigenvalue weighted by Gasteiger charge is -2.14. The number of carbonyl (C=O) groups is 1. The smallest absolute Gasteiger partial charge is 0.416 e. The van der Waals surface area contributed by atoms with Crippen LogP contribution in [0.3, 0.4) is 0 Å². The van der Waals surface area contributed by atoms with Gasteiger partial charge in [-0.1, -0.05) is 0 Å². The number of anilines is 1. The zero-order chi connectivity index (χ0) is 17.4. The van der Waals surface area contributed by atoms with Gasteiger partial charge in [0.15, 0.2) is 0 Å². The third kappa shape index (κ3) is 4.02. The molecule has 1 aromatic carbocycles. The van der Waals surface area contributed by atoms with E-state index in [0.29, 0.717) is 12.1 Å². The molecular weight excluding hydrogens is 330 g/mol. The minimum atomic E-state index is -5.00. The average molecular weight is 338 g/mol. The number of nitrogens with one attached hydrogen (secondary N) is 1. The van der Waals surface area contributed by atoms with Crippen molar-refractivity contribution in [3.63, 3.8) is 0 Å². The number of hydrogen-bond acceptors (Lipinski definition) is 3. The molecule has 1 amide bonds. The Labute approximate surface area is 125 Å². The molecule has 23 heavy (non-hydrogen) atoms. The molecule has 0 saturated heterocycles. The molecule has 0 unspecified atom stereocenters. The number of amides is 1. The second kappa shape index (κ2) is 5.60. The van der Waals surface area contributed by atoms with E-state index in [1.165, 1.54) is 13.1 Å². The number of hydrogen-bond donors (Lipinski definition) is 1. The highest BCUT2D eigenvalue weighted by Gasteiger charge is 2.37. The largest absolute Gasteiger partial charge is 0.438 e. The Bertz CT molecular complexity index is 701. The van der Waals surface area contributed by atoms with Crippen LogP contribution in [0.15, 0.2) is 28.8 Å². The molecule has 0 spiro atoms. The predicted molar refractivity (Wildman–Crippen MR) is 65.6 cm³/mol. The lowest BCUT2D eigenvalue weighted by Crippen LogP contribution is -2.16. The van der Waals surface area contributed by atoms with Gasteiger partial charge in [-0.15, -0.1) is 0 Å². The molecule has 10 heteroatoms. The van der Waals surface area contributed by atoms with Crippen molar-refractivity contribution in [3.05, 3.63) is 47.2 Å². The van der Waals surface area contributed by atoms with E-state index < -0.39 is 41.0 Å². The van der Waals surface area contributed by atoms with Crippen molar-refractivity contribution in [3.8, 4) is 0 Å². The van der Waals surface area contributed by atoms with E-state index in [-0.39, 0.29) is 11.8 Å². The Kier molecular flexibility index (Phi) is 4.10. The first-order chi connectivity index (χ1) is 10.5. The molecule has 124 valence electrons. The van der Waals surface area contributed by atoms with Crippen molar-refractivity contribution < 1.29 is 35.6 Å². The monoisotopic (exact) mass is 338 g/mol. The number of aromatic nitrogens is 1. The second-order valence-electron chi connectivity index (χ2n) is 4.52. The molecule has 0 aliphatic rings. The Balaban J connectivity index is 2.39. The van der Waals surface area contributed by atoms with Crippen LogP contribution in [-0.2, 0) is 12.4 Å². The topological polar surface area (TPSA) is 55.1 Å². The maximum atomic E-state index is 12.7. The molecule has 0 atom stereocenters. The zero-order valence-corrected chi connectivity index (χ0v) is 11.3. The van der Waals surface area contributed by atoms with Gasteiger partial charge in [-0.3, -0.25) is 4.79 Å². The van der Waals surface area contributed by atoms with Crippen LogP contribution in [0.25, 0.3) is 0 Å². The lowest BCUT2D eigenvalue weighted by atomic mass is 10.1. The predicted octanol–water partition coefficient (Wildman–Crippen LogP) is 4.27. The van der Waals surface area contributed by atoms with E-state index in [1.54, 1.807) is 0 Å². The highest BCUT2D eigenvalue weighted by atomic mass is 19.4. The number of carbonyl (C=O) groups excluding carboxylic acids is 1. The van der Waals surface area contributed by atoms with E-state index in [4.69, 9.17) is 4.42 Å². The summed E-state index contributed by atoms with van der Waals surface area (Å²) in [6.45, 7) is 1.47. The quantitative estimate of drug-likeness (QED) is 0.832. The van der Waals surface area contributed by atoms with Crippen molar-refractivity contribution in [2.75, 3.05) is 5.32 Å². The van der Waals surface area contributed by atoms with E-state index in [2.05, 4.69) is 4.98 Å². The van der Waals surface area contributed by atoms with Crippen LogP contribution in [-0.4, -0.2) is 10.9 Å². The highest BCUT2D eigenvalue weighted by Crippen LogP contribution is 2.37. The summed E-state index contributed by atoms with van der Waals surface area (Å²) < 4.78 is 81.0. The maximum absolute atomic E-state index is 12.7. The molecule has 1 aromatic heterocycles. The van der Waals surface area contributed by atoms with Gasteiger partial charge in [-0.2, -0.15) is 26.3 Å². The van der Waals surface area contributed by atoms with Crippen molar-refractivity contribution in [2.24, 2.45) is 0 Å². The summed E-state index contributed by atoms with van der Waals surface area (Å²) in [4.78, 5) is 15.3. The van der Waals surface area contributed by atoms with Gasteiger partial charge in [-0.25, -0.2) is 4.98 Å². The van der Waals surface area contributed by atoms with Crippen LogP contribution in [0.2, 0.25) is 0 Å². The van der Waals surface area contributed by atoms with Crippen molar-refractivity contribution in [2.45, 2.75) is 19.3 Å². The highest BCUT2D eigenvalue weighted by molar-refractivity contribution is 6.01. The third-order valence-corrected chi connectivity index (χ3v) is 2.66. The summed E-state index contributed by atoms with van der Waals surface area (Å²) in [5, 5.41) is 1.90. The molecule has 0 aliphatic heterocycles. The molecule has 0 aliphatic carbocycles. The minimum Gasteiger partial charge on any atom is -0.438 e. The van der Waals surface area contributed by atoms with Crippen molar-refractivity contribution in [1.82, 2.24) is 4.98 Å². The molecule has 0 fully saturated rings. The number of alkyl halides is 6. The number of aryl methyl sites for hydroxylation is 1. The van der Waals surface area contributed by atoms with Gasteiger partial charge in [0.1, 0.15) is 5.76 Å². The van der Waals surface area contributed by atoms with Crippen LogP contribution in [0.4, 0.5) is 32.0 Å². The van der Waals surface area contributed by atoms with Crippen LogP contribution in [0, 0.1) is 6.92 Å². The summed E-state index contributed by atoms with van der Waals surface area (Å²) in [6.07, 6.45) is -8.82. The number of benzene rings is 1. The summed E-state index contributed by atoms with van der Waals surface area (Å²) in [6, 6.07) is 0.747. The van der Waals surface area contributed by atoms with E-state index in [1.807, 2.05) is 5.32 Å².